The molecule has 0 aliphatic rings. The van der Waals surface area contributed by atoms with Gasteiger partial charge in [-0.15, -0.1) is 0 Å². The van der Waals surface area contributed by atoms with Crippen molar-refractivity contribution >= 4 is 17.9 Å². The van der Waals surface area contributed by atoms with Crippen molar-refractivity contribution in [2.45, 2.75) is 258 Å². The number of carbonyl (C=O) groups excluding carboxylic acids is 3. The van der Waals surface area contributed by atoms with E-state index in [1.807, 2.05) is 0 Å². The lowest BCUT2D eigenvalue weighted by Crippen LogP contribution is -2.30. The molecule has 0 aliphatic carbocycles. The van der Waals surface area contributed by atoms with E-state index in [0.29, 0.717) is 19.3 Å². The smallest absolute Gasteiger partial charge is 0.306 e. The van der Waals surface area contributed by atoms with Crippen LogP contribution in [0.4, 0.5) is 0 Å². The van der Waals surface area contributed by atoms with Crippen LogP contribution in [0.1, 0.15) is 252 Å². The largest absolute Gasteiger partial charge is 0.462 e. The van der Waals surface area contributed by atoms with E-state index in [2.05, 4.69) is 93.7 Å². The average Bonchev–Trinajstić information content (AvgIpc) is 3.28. The Kier molecular flexibility index (Phi) is 48.9. The highest BCUT2D eigenvalue weighted by Gasteiger charge is 2.19. The number of carbonyl (C=O) groups is 3. The molecule has 0 saturated heterocycles. The molecule has 0 aromatic carbocycles. The molecule has 6 heteroatoms. The Labute approximate surface area is 389 Å². The molecule has 0 radical (unpaired) electrons. The minimum Gasteiger partial charge on any atom is -0.462 e. The average molecular weight is 879 g/mol. The molecule has 0 aromatic heterocycles. The molecular formula is C57H98O6. The van der Waals surface area contributed by atoms with Gasteiger partial charge in [0.1, 0.15) is 13.2 Å². The van der Waals surface area contributed by atoms with E-state index in [9.17, 15) is 14.4 Å². The van der Waals surface area contributed by atoms with E-state index in [4.69, 9.17) is 14.2 Å². The summed E-state index contributed by atoms with van der Waals surface area (Å²) in [7, 11) is 0. The molecule has 0 spiro atoms. The summed E-state index contributed by atoms with van der Waals surface area (Å²) < 4.78 is 16.8. The fourth-order valence-electron chi connectivity index (χ4n) is 7.23. The molecule has 0 fully saturated rings. The Balaban J connectivity index is 4.46. The van der Waals surface area contributed by atoms with E-state index in [1.54, 1.807) is 0 Å². The molecule has 0 unspecified atom stereocenters. The summed E-state index contributed by atoms with van der Waals surface area (Å²) in [4.78, 5) is 38.0. The Morgan fingerprint density at radius 3 is 1.03 bits per heavy atom. The summed E-state index contributed by atoms with van der Waals surface area (Å²) in [5.74, 6) is -0.946. The summed E-state index contributed by atoms with van der Waals surface area (Å²) in [5.41, 5.74) is 0. The van der Waals surface area contributed by atoms with Gasteiger partial charge in [0.2, 0.25) is 0 Å². The molecule has 0 amide bonds. The zero-order valence-electron chi connectivity index (χ0n) is 41.3. The first-order valence-electron chi connectivity index (χ1n) is 26.4. The first kappa shape index (κ1) is 59.9. The first-order valence-corrected chi connectivity index (χ1v) is 26.4. The zero-order valence-corrected chi connectivity index (χ0v) is 41.3. The van der Waals surface area contributed by atoms with E-state index in [1.165, 1.54) is 103 Å². The van der Waals surface area contributed by atoms with Crippen LogP contribution in [0.15, 0.2) is 72.9 Å². The highest BCUT2D eigenvalue weighted by atomic mass is 16.6. The molecule has 0 heterocycles. The minimum atomic E-state index is -0.797. The van der Waals surface area contributed by atoms with Crippen molar-refractivity contribution in [1.82, 2.24) is 0 Å². The van der Waals surface area contributed by atoms with Crippen LogP contribution >= 0.6 is 0 Å². The van der Waals surface area contributed by atoms with Crippen LogP contribution < -0.4 is 0 Å². The molecule has 6 nitrogen and oxygen atoms in total. The third kappa shape index (κ3) is 49.7. The minimum absolute atomic E-state index is 0.0927. The summed E-state index contributed by atoms with van der Waals surface area (Å²) in [5, 5.41) is 0. The van der Waals surface area contributed by atoms with E-state index in [0.717, 1.165) is 109 Å². The third-order valence-electron chi connectivity index (χ3n) is 11.2. The van der Waals surface area contributed by atoms with Gasteiger partial charge in [-0.2, -0.15) is 0 Å². The molecule has 0 bridgehead atoms. The number of allylic oxidation sites excluding steroid dienone is 12. The summed E-state index contributed by atoms with van der Waals surface area (Å²) in [6.07, 6.45) is 64.5. The maximum absolute atomic E-state index is 12.8. The topological polar surface area (TPSA) is 78.9 Å². The normalized spacial score (nSPS) is 12.6. The second-order valence-corrected chi connectivity index (χ2v) is 17.4. The number of ether oxygens (including phenoxy) is 3. The number of rotatable bonds is 47. The number of esters is 3. The van der Waals surface area contributed by atoms with Crippen LogP contribution in [-0.4, -0.2) is 37.2 Å². The zero-order chi connectivity index (χ0) is 45.8. The fraction of sp³-hybridized carbons (Fsp3) is 0.737. The predicted molar refractivity (Wildman–Crippen MR) is 270 cm³/mol. The van der Waals surface area contributed by atoms with Gasteiger partial charge in [-0.1, -0.05) is 216 Å². The van der Waals surface area contributed by atoms with Crippen molar-refractivity contribution in [2.75, 3.05) is 13.2 Å². The monoisotopic (exact) mass is 879 g/mol. The Hall–Kier alpha value is -3.15. The molecule has 0 saturated carbocycles. The van der Waals surface area contributed by atoms with Gasteiger partial charge in [0.05, 0.1) is 0 Å². The molecule has 0 aliphatic heterocycles. The van der Waals surface area contributed by atoms with Gasteiger partial charge >= 0.3 is 17.9 Å². The summed E-state index contributed by atoms with van der Waals surface area (Å²) >= 11 is 0. The standard InChI is InChI=1S/C57H98O6/c1-4-7-10-13-16-19-22-25-28-31-34-37-40-43-46-49-55(58)61-52-54(63-57(60)51-48-45-42-39-36-33-30-27-24-21-18-15-12-9-6-3)53-62-56(59)50-47-44-41-38-35-32-29-26-23-20-17-14-11-8-5-2/h7,10,16,18-19,21,25,27-28,30,34,37,54H,4-6,8-9,11-15,17,20,22-24,26,29,31-33,35-36,38-53H2,1-3H3/b10-7-,19-16-,21-18-,28-25-,30-27-,37-34-/t54-/m0/s1. The van der Waals surface area contributed by atoms with Crippen molar-refractivity contribution in [3.8, 4) is 0 Å². The van der Waals surface area contributed by atoms with Gasteiger partial charge < -0.3 is 14.2 Å². The van der Waals surface area contributed by atoms with Crippen molar-refractivity contribution in [3.05, 3.63) is 72.9 Å². The highest BCUT2D eigenvalue weighted by Crippen LogP contribution is 2.15. The van der Waals surface area contributed by atoms with Gasteiger partial charge in [0.15, 0.2) is 6.10 Å². The lowest BCUT2D eigenvalue weighted by atomic mass is 10.0. The van der Waals surface area contributed by atoms with Crippen LogP contribution in [0.3, 0.4) is 0 Å². The number of unbranched alkanes of at least 4 members (excludes halogenated alkanes) is 24. The molecule has 362 valence electrons. The number of hydrogen-bond acceptors (Lipinski definition) is 6. The Bertz CT molecular complexity index is 1190. The van der Waals surface area contributed by atoms with Crippen LogP contribution in [0.5, 0.6) is 0 Å². The molecule has 1 atom stereocenters. The lowest BCUT2D eigenvalue weighted by Gasteiger charge is -2.18. The van der Waals surface area contributed by atoms with Crippen molar-refractivity contribution in [2.24, 2.45) is 0 Å². The van der Waals surface area contributed by atoms with Crippen LogP contribution in [-0.2, 0) is 28.6 Å². The molecule has 63 heavy (non-hydrogen) atoms. The lowest BCUT2D eigenvalue weighted by molar-refractivity contribution is -0.167. The highest BCUT2D eigenvalue weighted by molar-refractivity contribution is 5.71. The van der Waals surface area contributed by atoms with Crippen LogP contribution in [0.2, 0.25) is 0 Å². The van der Waals surface area contributed by atoms with Crippen molar-refractivity contribution < 1.29 is 28.6 Å². The van der Waals surface area contributed by atoms with Crippen LogP contribution in [0.25, 0.3) is 0 Å². The third-order valence-corrected chi connectivity index (χ3v) is 11.2. The SMILES string of the molecule is CC/C=C\C/C=C\C/C=C\C/C=C\CCCCC(=O)OC[C@@H](COC(=O)CCCCCCCCCCCCCCCCC)OC(=O)CCCCCCC/C=C\C/C=C\CCCCC. The molecular weight excluding hydrogens is 781 g/mol. The van der Waals surface area contributed by atoms with Crippen LogP contribution in [0, 0.1) is 0 Å². The van der Waals surface area contributed by atoms with E-state index >= 15 is 0 Å². The van der Waals surface area contributed by atoms with Crippen molar-refractivity contribution in [1.29, 1.82) is 0 Å². The van der Waals surface area contributed by atoms with Gasteiger partial charge in [-0.25, -0.2) is 0 Å². The number of hydrogen-bond donors (Lipinski definition) is 0. The van der Waals surface area contributed by atoms with Gasteiger partial charge in [0.25, 0.3) is 0 Å². The maximum atomic E-state index is 12.8. The van der Waals surface area contributed by atoms with Crippen molar-refractivity contribution in [3.63, 3.8) is 0 Å². The quantitative estimate of drug-likeness (QED) is 0.0262. The molecule has 0 rings (SSSR count). The summed E-state index contributed by atoms with van der Waals surface area (Å²) in [6, 6.07) is 0. The molecule has 0 N–H and O–H groups in total. The van der Waals surface area contributed by atoms with E-state index in [-0.39, 0.29) is 31.1 Å². The predicted octanol–water partition coefficient (Wildman–Crippen LogP) is 17.4. The van der Waals surface area contributed by atoms with Gasteiger partial charge in [-0.05, 0) is 89.9 Å². The first-order chi connectivity index (χ1) is 31.0. The summed E-state index contributed by atoms with van der Waals surface area (Å²) in [6.45, 7) is 6.46. The second kappa shape index (κ2) is 51.5. The molecule has 0 aromatic rings. The maximum Gasteiger partial charge on any atom is 0.306 e. The van der Waals surface area contributed by atoms with E-state index < -0.39 is 6.10 Å². The Morgan fingerprint density at radius 2 is 0.619 bits per heavy atom. The fourth-order valence-corrected chi connectivity index (χ4v) is 7.23. The second-order valence-electron chi connectivity index (χ2n) is 17.4. The Morgan fingerprint density at radius 1 is 0.333 bits per heavy atom. The van der Waals surface area contributed by atoms with Gasteiger partial charge in [-0.3, -0.25) is 14.4 Å². The van der Waals surface area contributed by atoms with Gasteiger partial charge in [0, 0.05) is 19.3 Å².